The molecular formula is C22H21F3N4O2. The summed E-state index contributed by atoms with van der Waals surface area (Å²) in [6.45, 7) is 2.16. The van der Waals surface area contributed by atoms with Crippen molar-refractivity contribution in [1.82, 2.24) is 19.7 Å². The Hall–Kier alpha value is -3.36. The summed E-state index contributed by atoms with van der Waals surface area (Å²) in [5, 5.41) is 7.04. The number of halogens is 3. The van der Waals surface area contributed by atoms with Gasteiger partial charge in [-0.2, -0.15) is 13.2 Å². The molecule has 4 rings (SSSR count). The van der Waals surface area contributed by atoms with Crippen LogP contribution in [-0.2, 0) is 12.7 Å². The van der Waals surface area contributed by atoms with Crippen LogP contribution in [0.25, 0.3) is 11.4 Å². The Bertz CT molecular complexity index is 1180. The van der Waals surface area contributed by atoms with E-state index in [2.05, 4.69) is 10.4 Å². The molecule has 162 valence electrons. The molecule has 1 amide bonds. The largest absolute Gasteiger partial charge is 0.416 e. The third kappa shape index (κ3) is 4.55. The number of carbonyl (C=O) groups is 1. The Kier molecular flexibility index (Phi) is 5.43. The summed E-state index contributed by atoms with van der Waals surface area (Å²) in [7, 11) is 0. The number of benzene rings is 2. The summed E-state index contributed by atoms with van der Waals surface area (Å²) >= 11 is 0. The predicted octanol–water partition coefficient (Wildman–Crippen LogP) is 3.80. The molecule has 1 aromatic heterocycles. The second kappa shape index (κ2) is 8.05. The standard InChI is InChI=1S/C22H21F3N4O2/c1-14-4-2-6-16(12-14)20(30)26-10-11-28-21(31)29(18-8-9-18)19(27-28)15-5-3-7-17(13-15)22(23,24)25/h2-7,12-13,18H,8-11H2,1H3,(H,26,30). The first-order chi connectivity index (χ1) is 14.7. The molecular weight excluding hydrogens is 409 g/mol. The lowest BCUT2D eigenvalue weighted by Crippen LogP contribution is -2.32. The molecule has 0 radical (unpaired) electrons. The minimum absolute atomic E-state index is 0.0623. The van der Waals surface area contributed by atoms with E-state index in [4.69, 9.17) is 0 Å². The maximum absolute atomic E-state index is 13.1. The Morgan fingerprint density at radius 3 is 2.58 bits per heavy atom. The van der Waals surface area contributed by atoms with Crippen LogP contribution in [0.3, 0.4) is 0 Å². The molecule has 1 aliphatic carbocycles. The molecule has 31 heavy (non-hydrogen) atoms. The number of hydrogen-bond acceptors (Lipinski definition) is 3. The van der Waals surface area contributed by atoms with Crippen LogP contribution in [0.1, 0.15) is 40.4 Å². The Morgan fingerprint density at radius 2 is 1.90 bits per heavy atom. The second-order valence-electron chi connectivity index (χ2n) is 7.63. The topological polar surface area (TPSA) is 68.9 Å². The first-order valence-electron chi connectivity index (χ1n) is 9.96. The summed E-state index contributed by atoms with van der Waals surface area (Å²) in [4.78, 5) is 25.1. The lowest BCUT2D eigenvalue weighted by Gasteiger charge is -2.09. The van der Waals surface area contributed by atoms with E-state index in [0.29, 0.717) is 5.56 Å². The van der Waals surface area contributed by atoms with Crippen LogP contribution < -0.4 is 11.0 Å². The fraction of sp³-hybridized carbons (Fsp3) is 0.318. The average molecular weight is 430 g/mol. The van der Waals surface area contributed by atoms with Gasteiger partial charge in [0, 0.05) is 23.7 Å². The van der Waals surface area contributed by atoms with Gasteiger partial charge in [0.1, 0.15) is 0 Å². The molecule has 6 nitrogen and oxygen atoms in total. The van der Waals surface area contributed by atoms with Gasteiger partial charge in [-0.25, -0.2) is 9.48 Å². The molecule has 1 aliphatic rings. The van der Waals surface area contributed by atoms with Crippen molar-refractivity contribution in [2.45, 2.75) is 38.5 Å². The van der Waals surface area contributed by atoms with Gasteiger partial charge in [-0.15, -0.1) is 5.10 Å². The summed E-state index contributed by atoms with van der Waals surface area (Å²) in [5.74, 6) is -0.0555. The zero-order valence-corrected chi connectivity index (χ0v) is 16.8. The van der Waals surface area contributed by atoms with Gasteiger partial charge in [0.15, 0.2) is 5.82 Å². The normalized spacial score (nSPS) is 13.9. The molecule has 1 heterocycles. The zero-order chi connectivity index (χ0) is 22.2. The number of nitrogens with one attached hydrogen (secondary N) is 1. The number of amides is 1. The van der Waals surface area contributed by atoms with Gasteiger partial charge in [-0.3, -0.25) is 9.36 Å². The quantitative estimate of drug-likeness (QED) is 0.647. The van der Waals surface area contributed by atoms with E-state index in [1.807, 2.05) is 13.0 Å². The van der Waals surface area contributed by atoms with Crippen molar-refractivity contribution in [3.8, 4) is 11.4 Å². The van der Waals surface area contributed by atoms with Crippen molar-refractivity contribution in [1.29, 1.82) is 0 Å². The fourth-order valence-electron chi connectivity index (χ4n) is 3.42. The molecule has 0 atom stereocenters. The summed E-state index contributed by atoms with van der Waals surface area (Å²) < 4.78 is 42.0. The fourth-order valence-corrected chi connectivity index (χ4v) is 3.42. The van der Waals surface area contributed by atoms with Gasteiger partial charge in [0.05, 0.1) is 12.1 Å². The number of aryl methyl sites for hydroxylation is 1. The van der Waals surface area contributed by atoms with Crippen molar-refractivity contribution in [3.63, 3.8) is 0 Å². The highest BCUT2D eigenvalue weighted by atomic mass is 19.4. The molecule has 0 aliphatic heterocycles. The van der Waals surface area contributed by atoms with Crippen LogP contribution in [-0.4, -0.2) is 26.8 Å². The van der Waals surface area contributed by atoms with E-state index in [1.54, 1.807) is 18.2 Å². The third-order valence-corrected chi connectivity index (χ3v) is 5.12. The van der Waals surface area contributed by atoms with Crippen molar-refractivity contribution < 1.29 is 18.0 Å². The van der Waals surface area contributed by atoms with E-state index in [0.717, 1.165) is 30.5 Å². The summed E-state index contributed by atoms with van der Waals surface area (Å²) in [6, 6.07) is 11.9. The number of carbonyl (C=O) groups excluding carboxylic acids is 1. The van der Waals surface area contributed by atoms with E-state index in [1.165, 1.54) is 21.4 Å². The molecule has 1 fully saturated rings. The Balaban J connectivity index is 1.55. The number of nitrogens with zero attached hydrogens (tertiary/aromatic N) is 3. The van der Waals surface area contributed by atoms with Crippen LogP contribution in [0.5, 0.6) is 0 Å². The number of aromatic nitrogens is 3. The number of hydrogen-bond donors (Lipinski definition) is 1. The second-order valence-corrected chi connectivity index (χ2v) is 7.63. The molecule has 3 aromatic rings. The van der Waals surface area contributed by atoms with Crippen molar-refractivity contribution >= 4 is 5.91 Å². The smallest absolute Gasteiger partial charge is 0.350 e. The van der Waals surface area contributed by atoms with Crippen LogP contribution >= 0.6 is 0 Å². The lowest BCUT2D eigenvalue weighted by atomic mass is 10.1. The summed E-state index contributed by atoms with van der Waals surface area (Å²) in [6.07, 6.45) is -2.92. The first-order valence-corrected chi connectivity index (χ1v) is 9.96. The zero-order valence-electron chi connectivity index (χ0n) is 16.8. The Labute approximate surface area is 176 Å². The molecule has 9 heteroatoms. The van der Waals surface area contributed by atoms with Gasteiger partial charge in [-0.05, 0) is 44.0 Å². The molecule has 0 unspecified atom stereocenters. The van der Waals surface area contributed by atoms with Gasteiger partial charge in [0.2, 0.25) is 0 Å². The van der Waals surface area contributed by atoms with E-state index in [9.17, 15) is 22.8 Å². The van der Waals surface area contributed by atoms with E-state index < -0.39 is 11.7 Å². The minimum atomic E-state index is -4.48. The first kappa shape index (κ1) is 20.9. The maximum atomic E-state index is 13.1. The molecule has 2 aromatic carbocycles. The van der Waals surface area contributed by atoms with Gasteiger partial charge in [0.25, 0.3) is 5.91 Å². The van der Waals surface area contributed by atoms with Crippen LogP contribution in [0, 0.1) is 6.92 Å². The molecule has 0 saturated heterocycles. The molecule has 0 spiro atoms. The van der Waals surface area contributed by atoms with Crippen molar-refractivity contribution in [2.24, 2.45) is 0 Å². The van der Waals surface area contributed by atoms with E-state index >= 15 is 0 Å². The van der Waals surface area contributed by atoms with Crippen molar-refractivity contribution in [3.05, 3.63) is 75.7 Å². The lowest BCUT2D eigenvalue weighted by molar-refractivity contribution is -0.137. The van der Waals surface area contributed by atoms with Gasteiger partial charge < -0.3 is 5.32 Å². The van der Waals surface area contributed by atoms with E-state index in [-0.39, 0.29) is 42.1 Å². The average Bonchev–Trinajstić information content (AvgIpc) is 3.51. The molecule has 1 N–H and O–H groups in total. The minimum Gasteiger partial charge on any atom is -0.350 e. The maximum Gasteiger partial charge on any atom is 0.416 e. The highest BCUT2D eigenvalue weighted by molar-refractivity contribution is 5.94. The third-order valence-electron chi connectivity index (χ3n) is 5.12. The van der Waals surface area contributed by atoms with Crippen molar-refractivity contribution in [2.75, 3.05) is 6.54 Å². The summed E-state index contributed by atoms with van der Waals surface area (Å²) in [5.41, 5.74) is 0.527. The highest BCUT2D eigenvalue weighted by Crippen LogP contribution is 2.37. The van der Waals surface area contributed by atoms with Crippen LogP contribution in [0.2, 0.25) is 0 Å². The van der Waals surface area contributed by atoms with Crippen LogP contribution in [0.4, 0.5) is 13.2 Å². The predicted molar refractivity (Wildman–Crippen MR) is 109 cm³/mol. The molecule has 0 bridgehead atoms. The molecule has 1 saturated carbocycles. The SMILES string of the molecule is Cc1cccc(C(=O)NCCn2nc(-c3cccc(C(F)(F)F)c3)n(C3CC3)c2=O)c1. The monoisotopic (exact) mass is 430 g/mol. The number of rotatable bonds is 6. The number of alkyl halides is 3. The highest BCUT2D eigenvalue weighted by Gasteiger charge is 2.33. The Morgan fingerprint density at radius 1 is 1.16 bits per heavy atom. The van der Waals surface area contributed by atoms with Gasteiger partial charge in [-0.1, -0.05) is 29.8 Å². The van der Waals surface area contributed by atoms with Crippen LogP contribution in [0.15, 0.2) is 53.3 Å². The van der Waals surface area contributed by atoms with Gasteiger partial charge >= 0.3 is 11.9 Å².